The van der Waals surface area contributed by atoms with Gasteiger partial charge in [-0.25, -0.2) is 0 Å². The molecule has 5 heteroatoms. The zero-order valence-electron chi connectivity index (χ0n) is 6.53. The number of nitrogens with zero attached hydrogens (tertiary/aromatic N) is 3. The van der Waals surface area contributed by atoms with E-state index in [1.807, 2.05) is 0 Å². The lowest BCUT2D eigenvalue weighted by atomic mass is 10.3. The molecule has 1 heterocycles. The number of hydrogen-bond acceptors (Lipinski definition) is 4. The molecule has 0 radical (unpaired) electrons. The quantitative estimate of drug-likeness (QED) is 0.580. The van der Waals surface area contributed by atoms with E-state index in [4.69, 9.17) is 0 Å². The van der Waals surface area contributed by atoms with Crippen molar-refractivity contribution in [1.29, 1.82) is 0 Å². The lowest BCUT2D eigenvalue weighted by molar-refractivity contribution is 0.0989. The van der Waals surface area contributed by atoms with Crippen molar-refractivity contribution in [1.82, 2.24) is 20.3 Å². The highest BCUT2D eigenvalue weighted by Gasteiger charge is 2.07. The molecule has 0 unspecified atom stereocenters. The number of nitrogens with one attached hydrogen (secondary N) is 1. The molecule has 0 saturated carbocycles. The van der Waals surface area contributed by atoms with Gasteiger partial charge in [-0.1, -0.05) is 5.21 Å². The van der Waals surface area contributed by atoms with Crippen LogP contribution in [0.5, 0.6) is 0 Å². The van der Waals surface area contributed by atoms with Gasteiger partial charge in [-0.3, -0.25) is 9.48 Å². The third kappa shape index (κ3) is 1.84. The predicted octanol–water partition coefficient (Wildman–Crippen LogP) is -0.783. The largest absolute Gasteiger partial charge is 0.313 e. The van der Waals surface area contributed by atoms with Crippen LogP contribution in [0.25, 0.3) is 0 Å². The molecule has 1 aromatic heterocycles. The first-order valence-corrected chi connectivity index (χ1v) is 3.28. The van der Waals surface area contributed by atoms with Crippen LogP contribution in [0, 0.1) is 0 Å². The molecule has 0 bridgehead atoms. The summed E-state index contributed by atoms with van der Waals surface area (Å²) in [6.45, 7) is 0.304. The van der Waals surface area contributed by atoms with Crippen LogP contribution in [0.15, 0.2) is 6.20 Å². The molecule has 5 nitrogen and oxygen atoms in total. The second-order valence-electron chi connectivity index (χ2n) is 2.23. The van der Waals surface area contributed by atoms with Gasteiger partial charge in [-0.15, -0.1) is 5.10 Å². The zero-order valence-corrected chi connectivity index (χ0v) is 6.53. The third-order valence-corrected chi connectivity index (χ3v) is 1.23. The summed E-state index contributed by atoms with van der Waals surface area (Å²) in [5, 5.41) is 10.0. The van der Waals surface area contributed by atoms with E-state index < -0.39 is 0 Å². The lowest BCUT2D eigenvalue weighted by Crippen LogP contribution is -2.18. The molecule has 0 aliphatic heterocycles. The zero-order chi connectivity index (χ0) is 8.27. The Morgan fingerprint density at radius 2 is 2.55 bits per heavy atom. The van der Waals surface area contributed by atoms with E-state index in [2.05, 4.69) is 15.6 Å². The molecule has 11 heavy (non-hydrogen) atoms. The fourth-order valence-corrected chi connectivity index (χ4v) is 0.726. The van der Waals surface area contributed by atoms with Crippen molar-refractivity contribution >= 4 is 5.78 Å². The standard InChI is InChI=1S/C6H10N4O/c1-7-3-6(11)5-4-10(2)9-8-5/h4,7H,3H2,1-2H3. The van der Waals surface area contributed by atoms with Crippen LogP contribution < -0.4 is 5.32 Å². The Morgan fingerprint density at radius 3 is 3.00 bits per heavy atom. The van der Waals surface area contributed by atoms with Gasteiger partial charge in [0.25, 0.3) is 0 Å². The third-order valence-electron chi connectivity index (χ3n) is 1.23. The first kappa shape index (κ1) is 7.87. The Hall–Kier alpha value is -1.23. The smallest absolute Gasteiger partial charge is 0.198 e. The number of aryl methyl sites for hydroxylation is 1. The van der Waals surface area contributed by atoms with Gasteiger partial charge in [0.15, 0.2) is 5.78 Å². The maximum atomic E-state index is 11.1. The predicted molar refractivity (Wildman–Crippen MR) is 39.3 cm³/mol. The van der Waals surface area contributed by atoms with Crippen LogP contribution in [0.1, 0.15) is 10.5 Å². The van der Waals surface area contributed by atoms with Crippen molar-refractivity contribution < 1.29 is 4.79 Å². The number of hydrogen-bond donors (Lipinski definition) is 1. The summed E-state index contributed by atoms with van der Waals surface area (Å²) in [7, 11) is 3.44. The Labute approximate surface area is 64.4 Å². The monoisotopic (exact) mass is 154 g/mol. The van der Waals surface area contributed by atoms with Gasteiger partial charge in [0.2, 0.25) is 0 Å². The summed E-state index contributed by atoms with van der Waals surface area (Å²) < 4.78 is 1.50. The van der Waals surface area contributed by atoms with E-state index in [-0.39, 0.29) is 5.78 Å². The average Bonchev–Trinajstić information content (AvgIpc) is 2.36. The fourth-order valence-electron chi connectivity index (χ4n) is 0.726. The minimum absolute atomic E-state index is 0.0411. The summed E-state index contributed by atoms with van der Waals surface area (Å²) in [5.41, 5.74) is 0.404. The lowest BCUT2D eigenvalue weighted by Gasteiger charge is -1.91. The van der Waals surface area contributed by atoms with Crippen molar-refractivity contribution in [2.75, 3.05) is 13.6 Å². The van der Waals surface area contributed by atoms with Gasteiger partial charge in [0.05, 0.1) is 12.7 Å². The molecular weight excluding hydrogens is 144 g/mol. The van der Waals surface area contributed by atoms with Crippen LogP contribution >= 0.6 is 0 Å². The molecule has 0 aliphatic carbocycles. The number of carbonyl (C=O) groups excluding carboxylic acids is 1. The fraction of sp³-hybridized carbons (Fsp3) is 0.500. The second-order valence-corrected chi connectivity index (χ2v) is 2.23. The van der Waals surface area contributed by atoms with E-state index in [1.54, 1.807) is 20.3 Å². The first-order valence-electron chi connectivity index (χ1n) is 3.28. The minimum atomic E-state index is -0.0411. The van der Waals surface area contributed by atoms with E-state index in [1.165, 1.54) is 4.68 Å². The molecule has 0 atom stereocenters. The number of Topliss-reactive ketones (excluding diaryl/α,β-unsaturated/α-hetero) is 1. The molecule has 0 aromatic carbocycles. The van der Waals surface area contributed by atoms with E-state index in [0.717, 1.165) is 0 Å². The van der Waals surface area contributed by atoms with Gasteiger partial charge in [-0.05, 0) is 7.05 Å². The molecule has 0 saturated heterocycles. The molecule has 1 aromatic rings. The summed E-state index contributed by atoms with van der Waals surface area (Å²) in [4.78, 5) is 11.1. The van der Waals surface area contributed by atoms with Gasteiger partial charge >= 0.3 is 0 Å². The molecule has 0 spiro atoms. The molecule has 1 N–H and O–H groups in total. The van der Waals surface area contributed by atoms with Crippen molar-refractivity contribution in [2.24, 2.45) is 7.05 Å². The molecule has 1 rings (SSSR count). The van der Waals surface area contributed by atoms with Gasteiger partial charge < -0.3 is 5.32 Å². The summed E-state index contributed by atoms with van der Waals surface area (Å²) in [5.74, 6) is -0.0411. The number of ketones is 1. The maximum absolute atomic E-state index is 11.1. The van der Waals surface area contributed by atoms with E-state index >= 15 is 0 Å². The van der Waals surface area contributed by atoms with E-state index in [0.29, 0.717) is 12.2 Å². The van der Waals surface area contributed by atoms with Crippen molar-refractivity contribution in [3.8, 4) is 0 Å². The van der Waals surface area contributed by atoms with Crippen LogP contribution in [0.4, 0.5) is 0 Å². The Bertz CT molecular complexity index is 255. The molecule has 60 valence electrons. The number of likely N-dealkylation sites (N-methyl/N-ethyl adjacent to an activating group) is 1. The molecule has 0 aliphatic rings. The number of carbonyl (C=O) groups is 1. The Balaban J connectivity index is 2.69. The highest BCUT2D eigenvalue weighted by atomic mass is 16.1. The van der Waals surface area contributed by atoms with Gasteiger partial charge in [0, 0.05) is 7.05 Å². The highest BCUT2D eigenvalue weighted by Crippen LogP contribution is 1.91. The van der Waals surface area contributed by atoms with Gasteiger partial charge in [0.1, 0.15) is 5.69 Å². The molecular formula is C6H10N4O. The van der Waals surface area contributed by atoms with Crippen LogP contribution in [-0.2, 0) is 7.05 Å². The van der Waals surface area contributed by atoms with Crippen LogP contribution in [-0.4, -0.2) is 34.4 Å². The maximum Gasteiger partial charge on any atom is 0.198 e. The summed E-state index contributed by atoms with van der Waals surface area (Å²) in [6.07, 6.45) is 1.60. The topological polar surface area (TPSA) is 59.8 Å². The Kier molecular flexibility index (Phi) is 2.32. The number of rotatable bonds is 3. The van der Waals surface area contributed by atoms with Gasteiger partial charge in [-0.2, -0.15) is 0 Å². The number of aromatic nitrogens is 3. The van der Waals surface area contributed by atoms with Crippen molar-refractivity contribution in [2.45, 2.75) is 0 Å². The second kappa shape index (κ2) is 3.25. The van der Waals surface area contributed by atoms with Crippen molar-refractivity contribution in [3.05, 3.63) is 11.9 Å². The van der Waals surface area contributed by atoms with Crippen molar-refractivity contribution in [3.63, 3.8) is 0 Å². The highest BCUT2D eigenvalue weighted by molar-refractivity contribution is 5.95. The van der Waals surface area contributed by atoms with Crippen LogP contribution in [0.3, 0.4) is 0 Å². The normalized spacial score (nSPS) is 10.0. The Morgan fingerprint density at radius 1 is 1.82 bits per heavy atom. The average molecular weight is 154 g/mol. The summed E-state index contributed by atoms with van der Waals surface area (Å²) >= 11 is 0. The molecule has 0 amide bonds. The molecule has 0 fully saturated rings. The summed E-state index contributed by atoms with van der Waals surface area (Å²) in [6, 6.07) is 0. The van der Waals surface area contributed by atoms with E-state index in [9.17, 15) is 4.79 Å². The van der Waals surface area contributed by atoms with Crippen LogP contribution in [0.2, 0.25) is 0 Å². The first-order chi connectivity index (χ1) is 5.24. The minimum Gasteiger partial charge on any atom is -0.313 e. The SMILES string of the molecule is CNCC(=O)c1cn(C)nn1.